The van der Waals surface area contributed by atoms with Gasteiger partial charge in [-0.1, -0.05) is 0 Å². The summed E-state index contributed by atoms with van der Waals surface area (Å²) in [7, 11) is 0. The van der Waals surface area contributed by atoms with Crippen molar-refractivity contribution in [1.29, 1.82) is 0 Å². The smallest absolute Gasteiger partial charge is 0.320 e. The van der Waals surface area contributed by atoms with Gasteiger partial charge in [0.25, 0.3) is 6.43 Å². The molecule has 0 aromatic carbocycles. The number of aliphatic hydroxyl groups is 1. The summed E-state index contributed by atoms with van der Waals surface area (Å²) in [5.41, 5.74) is 0. The molecule has 0 spiro atoms. The number of morpholine rings is 1. The van der Waals surface area contributed by atoms with E-state index in [4.69, 9.17) is 14.9 Å². The Hall–Kier alpha value is -1.48. The van der Waals surface area contributed by atoms with E-state index in [9.17, 15) is 18.4 Å². The normalized spacial score (nSPS) is 19.2. The molecule has 20 heavy (non-hydrogen) atoms. The van der Waals surface area contributed by atoms with Gasteiger partial charge in [-0.2, -0.15) is 0 Å². The topological polar surface area (TPSA) is 90.3 Å². The second-order valence-corrected chi connectivity index (χ2v) is 4.36. The molecule has 1 unspecified atom stereocenters. The zero-order valence-corrected chi connectivity index (χ0v) is 10.9. The number of hydrogen-bond donors (Lipinski definition) is 2. The van der Waals surface area contributed by atoms with Gasteiger partial charge >= 0.3 is 12.0 Å². The van der Waals surface area contributed by atoms with Crippen LogP contribution in [0, 0.1) is 0 Å². The molecule has 0 bridgehead atoms. The number of alkyl halides is 2. The maximum atomic E-state index is 12.4. The summed E-state index contributed by atoms with van der Waals surface area (Å²) in [6.45, 7) is -1.03. The average Bonchev–Trinajstić information content (AvgIpc) is 2.37. The van der Waals surface area contributed by atoms with Crippen molar-refractivity contribution in [3.8, 4) is 0 Å². The molecule has 1 heterocycles. The lowest BCUT2D eigenvalue weighted by Gasteiger charge is -2.38. The molecular formula is C11H18F2N2O5. The lowest BCUT2D eigenvalue weighted by Crippen LogP contribution is -2.55. The van der Waals surface area contributed by atoms with Crippen LogP contribution in [0.3, 0.4) is 0 Å². The number of carboxylic acids is 1. The number of rotatable bonds is 6. The first-order valence-electron chi connectivity index (χ1n) is 6.19. The molecule has 9 heteroatoms. The van der Waals surface area contributed by atoms with Crippen molar-refractivity contribution in [2.45, 2.75) is 18.9 Å². The standard InChI is InChI=1S/C11H18F2N2O5/c12-9(13)6-14(1-3-16)11(19)15-2-4-20-7-8(15)5-10(17)18/h8-9,16H,1-7H2,(H,17,18). The van der Waals surface area contributed by atoms with Crippen LogP contribution >= 0.6 is 0 Å². The van der Waals surface area contributed by atoms with E-state index in [0.717, 1.165) is 4.90 Å². The van der Waals surface area contributed by atoms with E-state index in [1.54, 1.807) is 0 Å². The highest BCUT2D eigenvalue weighted by atomic mass is 19.3. The summed E-state index contributed by atoms with van der Waals surface area (Å²) in [5, 5.41) is 17.6. The monoisotopic (exact) mass is 296 g/mol. The lowest BCUT2D eigenvalue weighted by molar-refractivity contribution is -0.139. The minimum absolute atomic E-state index is 0.0552. The molecule has 2 N–H and O–H groups in total. The van der Waals surface area contributed by atoms with Crippen LogP contribution in [0.2, 0.25) is 0 Å². The first-order valence-corrected chi connectivity index (χ1v) is 6.19. The van der Waals surface area contributed by atoms with E-state index in [1.165, 1.54) is 4.90 Å². The lowest BCUT2D eigenvalue weighted by atomic mass is 10.1. The van der Waals surface area contributed by atoms with Crippen LogP contribution in [-0.2, 0) is 9.53 Å². The zero-order chi connectivity index (χ0) is 15.1. The Balaban J connectivity index is 2.74. The Morgan fingerprint density at radius 3 is 2.70 bits per heavy atom. The number of halogens is 2. The fourth-order valence-corrected chi connectivity index (χ4v) is 2.01. The molecular weight excluding hydrogens is 278 g/mol. The quantitative estimate of drug-likeness (QED) is 0.711. The molecule has 0 aliphatic carbocycles. The second kappa shape index (κ2) is 7.95. The van der Waals surface area contributed by atoms with E-state index in [-0.39, 0.29) is 32.7 Å². The van der Waals surface area contributed by atoms with Gasteiger partial charge in [-0.3, -0.25) is 4.79 Å². The van der Waals surface area contributed by atoms with Crippen LogP contribution in [0.4, 0.5) is 13.6 Å². The Morgan fingerprint density at radius 2 is 2.15 bits per heavy atom. The van der Waals surface area contributed by atoms with E-state index < -0.39 is 37.6 Å². The van der Waals surface area contributed by atoms with Crippen molar-refractivity contribution >= 4 is 12.0 Å². The Bertz CT molecular complexity index is 343. The Labute approximate surface area is 114 Å². The third-order valence-corrected chi connectivity index (χ3v) is 2.88. The molecule has 0 aromatic heterocycles. The Kier molecular flexibility index (Phi) is 6.59. The summed E-state index contributed by atoms with van der Waals surface area (Å²) in [6, 6.07) is -1.39. The molecule has 0 radical (unpaired) electrons. The van der Waals surface area contributed by atoms with Gasteiger partial charge in [-0.25, -0.2) is 13.6 Å². The number of aliphatic hydroxyl groups excluding tert-OH is 1. The third-order valence-electron chi connectivity index (χ3n) is 2.88. The van der Waals surface area contributed by atoms with Crippen molar-refractivity contribution in [2.24, 2.45) is 0 Å². The van der Waals surface area contributed by atoms with Crippen LogP contribution in [0.15, 0.2) is 0 Å². The number of carbonyl (C=O) groups is 2. The van der Waals surface area contributed by atoms with Crippen molar-refractivity contribution in [2.75, 3.05) is 39.5 Å². The number of hydrogen-bond acceptors (Lipinski definition) is 4. The fourth-order valence-electron chi connectivity index (χ4n) is 2.01. The van der Waals surface area contributed by atoms with Gasteiger partial charge in [-0.15, -0.1) is 0 Å². The van der Waals surface area contributed by atoms with E-state index >= 15 is 0 Å². The van der Waals surface area contributed by atoms with Crippen LogP contribution in [0.1, 0.15) is 6.42 Å². The highest BCUT2D eigenvalue weighted by Gasteiger charge is 2.32. The molecule has 1 atom stereocenters. The molecule has 1 saturated heterocycles. The van der Waals surface area contributed by atoms with E-state index in [0.29, 0.717) is 0 Å². The van der Waals surface area contributed by atoms with Gasteiger partial charge in [0.05, 0.1) is 38.8 Å². The highest BCUT2D eigenvalue weighted by molar-refractivity contribution is 5.76. The number of amides is 2. The van der Waals surface area contributed by atoms with Crippen molar-refractivity contribution in [1.82, 2.24) is 9.80 Å². The van der Waals surface area contributed by atoms with E-state index in [2.05, 4.69) is 0 Å². The number of urea groups is 1. The Morgan fingerprint density at radius 1 is 1.45 bits per heavy atom. The predicted molar refractivity (Wildman–Crippen MR) is 63.6 cm³/mol. The maximum Gasteiger partial charge on any atom is 0.320 e. The number of carboxylic acid groups (broad SMARTS) is 1. The van der Waals surface area contributed by atoms with Crippen molar-refractivity contribution < 1.29 is 33.3 Å². The molecule has 1 aliphatic heterocycles. The zero-order valence-electron chi connectivity index (χ0n) is 10.9. The van der Waals surface area contributed by atoms with E-state index in [1.807, 2.05) is 0 Å². The van der Waals surface area contributed by atoms with Crippen LogP contribution in [0.25, 0.3) is 0 Å². The number of nitrogens with zero attached hydrogens (tertiary/aromatic N) is 2. The first kappa shape index (κ1) is 16.6. The first-order chi connectivity index (χ1) is 9.45. The highest BCUT2D eigenvalue weighted by Crippen LogP contribution is 2.14. The van der Waals surface area contributed by atoms with Crippen molar-refractivity contribution in [3.05, 3.63) is 0 Å². The molecule has 1 fully saturated rings. The minimum atomic E-state index is -2.72. The summed E-state index contributed by atoms with van der Waals surface area (Å²) in [5.74, 6) is -1.10. The van der Waals surface area contributed by atoms with Gasteiger partial charge in [0.1, 0.15) is 0 Å². The largest absolute Gasteiger partial charge is 0.481 e. The number of ether oxygens (including phenoxy) is 1. The summed E-state index contributed by atoms with van der Waals surface area (Å²) >= 11 is 0. The number of aliphatic carboxylic acids is 1. The predicted octanol–water partition coefficient (Wildman–Crippen LogP) is -0.159. The van der Waals surface area contributed by atoms with Gasteiger partial charge in [0.2, 0.25) is 0 Å². The third kappa shape index (κ3) is 4.89. The fraction of sp³-hybridized carbons (Fsp3) is 0.818. The van der Waals surface area contributed by atoms with Crippen molar-refractivity contribution in [3.63, 3.8) is 0 Å². The maximum absolute atomic E-state index is 12.4. The van der Waals surface area contributed by atoms with Gasteiger partial charge in [0.15, 0.2) is 0 Å². The average molecular weight is 296 g/mol. The van der Waals surface area contributed by atoms with Crippen LogP contribution in [-0.4, -0.2) is 83.9 Å². The van der Waals surface area contributed by atoms with Gasteiger partial charge < -0.3 is 24.7 Å². The molecule has 1 aliphatic rings. The van der Waals surface area contributed by atoms with Crippen LogP contribution < -0.4 is 0 Å². The second-order valence-electron chi connectivity index (χ2n) is 4.36. The van der Waals surface area contributed by atoms with Crippen LogP contribution in [0.5, 0.6) is 0 Å². The molecule has 7 nitrogen and oxygen atoms in total. The molecule has 0 saturated carbocycles. The molecule has 0 aromatic rings. The van der Waals surface area contributed by atoms with Gasteiger partial charge in [-0.05, 0) is 0 Å². The van der Waals surface area contributed by atoms with Gasteiger partial charge in [0, 0.05) is 13.1 Å². The minimum Gasteiger partial charge on any atom is -0.481 e. The summed E-state index contributed by atoms with van der Waals surface area (Å²) in [4.78, 5) is 25.0. The number of carbonyl (C=O) groups excluding carboxylic acids is 1. The molecule has 1 rings (SSSR count). The molecule has 2 amide bonds. The summed E-state index contributed by atoms with van der Waals surface area (Å²) < 4.78 is 30.0. The molecule has 116 valence electrons. The SMILES string of the molecule is O=C(O)CC1COCCN1C(=O)N(CCO)CC(F)F. The summed E-state index contributed by atoms with van der Waals surface area (Å²) in [6.07, 6.45) is -3.03.